The van der Waals surface area contributed by atoms with Gasteiger partial charge in [0.25, 0.3) is 0 Å². The fourth-order valence-corrected chi connectivity index (χ4v) is 2.92. The third kappa shape index (κ3) is 4.71. The zero-order valence-electron chi connectivity index (χ0n) is 14.6. The molecule has 25 heavy (non-hydrogen) atoms. The number of benzene rings is 3. The van der Waals surface area contributed by atoms with Crippen LogP contribution in [0.4, 0.5) is 0 Å². The van der Waals surface area contributed by atoms with Crippen molar-refractivity contribution >= 4 is 0 Å². The van der Waals surface area contributed by atoms with E-state index in [-0.39, 0.29) is 0 Å². The van der Waals surface area contributed by atoms with E-state index in [0.717, 1.165) is 35.3 Å². The molecule has 1 unspecified atom stereocenters. The topological polar surface area (TPSA) is 29.5 Å². The van der Waals surface area contributed by atoms with Gasteiger partial charge in [-0.2, -0.15) is 0 Å². The number of rotatable bonds is 7. The summed E-state index contributed by atoms with van der Waals surface area (Å²) in [6.45, 7) is 2.68. The molecule has 1 atom stereocenters. The Balaban J connectivity index is 1.73. The number of aliphatic hydroxyl groups excluding tert-OH is 1. The normalized spacial score (nSPS) is 11.9. The first-order valence-corrected chi connectivity index (χ1v) is 8.80. The Bertz CT molecular complexity index is 796. The third-order valence-electron chi connectivity index (χ3n) is 4.23. The predicted octanol–water partition coefficient (Wildman–Crippen LogP) is 5.30. The number of aliphatic hydroxyl groups is 1. The highest BCUT2D eigenvalue weighted by Gasteiger charge is 2.12. The van der Waals surface area contributed by atoms with Gasteiger partial charge in [-0.25, -0.2) is 0 Å². The van der Waals surface area contributed by atoms with Crippen molar-refractivity contribution in [1.82, 2.24) is 0 Å². The van der Waals surface area contributed by atoms with Crippen molar-refractivity contribution in [2.45, 2.75) is 32.5 Å². The second-order valence-electron chi connectivity index (χ2n) is 6.24. The fourth-order valence-electron chi connectivity index (χ4n) is 2.92. The molecule has 3 aromatic rings. The molecule has 2 heteroatoms. The molecule has 0 aliphatic heterocycles. The van der Waals surface area contributed by atoms with Gasteiger partial charge in [-0.15, -0.1) is 0 Å². The van der Waals surface area contributed by atoms with Crippen molar-refractivity contribution in [3.63, 3.8) is 0 Å². The summed E-state index contributed by atoms with van der Waals surface area (Å²) in [5.74, 6) is 0.769. The molecule has 0 amide bonds. The summed E-state index contributed by atoms with van der Waals surface area (Å²) < 4.78 is 5.87. The monoisotopic (exact) mass is 332 g/mol. The largest absolute Gasteiger partial charge is 0.489 e. The lowest BCUT2D eigenvalue weighted by molar-refractivity contribution is 0.219. The van der Waals surface area contributed by atoms with Crippen LogP contribution in [0.5, 0.6) is 5.75 Å². The summed E-state index contributed by atoms with van der Waals surface area (Å²) >= 11 is 0. The molecule has 1 N–H and O–H groups in total. The molecule has 3 rings (SSSR count). The van der Waals surface area contributed by atoms with Gasteiger partial charge in [-0.3, -0.25) is 0 Å². The highest BCUT2D eigenvalue weighted by Crippen LogP contribution is 2.26. The van der Waals surface area contributed by atoms with Crippen molar-refractivity contribution in [3.05, 3.63) is 101 Å². The lowest BCUT2D eigenvalue weighted by atomic mass is 9.98. The Morgan fingerprint density at radius 2 is 1.48 bits per heavy atom. The van der Waals surface area contributed by atoms with E-state index in [4.69, 9.17) is 4.74 Å². The zero-order chi connectivity index (χ0) is 17.5. The number of ether oxygens (including phenoxy) is 1. The van der Waals surface area contributed by atoms with Gasteiger partial charge in [0.2, 0.25) is 0 Å². The molecule has 0 aliphatic rings. The van der Waals surface area contributed by atoms with E-state index in [2.05, 4.69) is 19.1 Å². The first kappa shape index (κ1) is 17.2. The molecule has 0 aliphatic carbocycles. The van der Waals surface area contributed by atoms with Crippen molar-refractivity contribution in [2.75, 3.05) is 0 Å². The molecule has 0 radical (unpaired) electrons. The van der Waals surface area contributed by atoms with Gasteiger partial charge in [0.1, 0.15) is 18.5 Å². The Kier molecular flexibility index (Phi) is 5.86. The SMILES string of the molecule is CCCc1cccc(C(O)c2cccc(OCc3ccccc3)c2)c1. The lowest BCUT2D eigenvalue weighted by Crippen LogP contribution is -2.02. The van der Waals surface area contributed by atoms with Gasteiger partial charge in [0.15, 0.2) is 0 Å². The minimum atomic E-state index is -0.642. The highest BCUT2D eigenvalue weighted by atomic mass is 16.5. The first-order valence-electron chi connectivity index (χ1n) is 8.80. The average molecular weight is 332 g/mol. The van der Waals surface area contributed by atoms with Gasteiger partial charge in [-0.05, 0) is 40.8 Å². The van der Waals surface area contributed by atoms with Crippen LogP contribution in [0, 0.1) is 0 Å². The predicted molar refractivity (Wildman–Crippen MR) is 102 cm³/mol. The van der Waals surface area contributed by atoms with Crippen molar-refractivity contribution in [1.29, 1.82) is 0 Å². The minimum absolute atomic E-state index is 0.520. The molecule has 0 saturated carbocycles. The third-order valence-corrected chi connectivity index (χ3v) is 4.23. The molecule has 0 bridgehead atoms. The molecule has 0 saturated heterocycles. The molecule has 2 nitrogen and oxygen atoms in total. The van der Waals surface area contributed by atoms with E-state index in [1.807, 2.05) is 66.7 Å². The maximum atomic E-state index is 10.7. The molecular weight excluding hydrogens is 308 g/mol. The van der Waals surface area contributed by atoms with Crippen LogP contribution in [0.25, 0.3) is 0 Å². The van der Waals surface area contributed by atoms with Crippen molar-refractivity contribution in [3.8, 4) is 5.75 Å². The first-order chi connectivity index (χ1) is 12.3. The van der Waals surface area contributed by atoms with Crippen LogP contribution >= 0.6 is 0 Å². The summed E-state index contributed by atoms with van der Waals surface area (Å²) in [4.78, 5) is 0. The smallest absolute Gasteiger partial charge is 0.120 e. The van der Waals surface area contributed by atoms with Crippen LogP contribution < -0.4 is 4.74 Å². The van der Waals surface area contributed by atoms with Gasteiger partial charge in [0.05, 0.1) is 0 Å². The number of aryl methyl sites for hydroxylation is 1. The standard InChI is InChI=1S/C23H24O2/c1-2-8-18-11-6-12-20(15-18)23(24)21-13-7-14-22(16-21)25-17-19-9-4-3-5-10-19/h3-7,9-16,23-24H,2,8,17H2,1H3. The number of hydrogen-bond acceptors (Lipinski definition) is 2. The molecule has 0 spiro atoms. The minimum Gasteiger partial charge on any atom is -0.489 e. The zero-order valence-corrected chi connectivity index (χ0v) is 14.6. The van der Waals surface area contributed by atoms with E-state index in [0.29, 0.717) is 6.61 Å². The maximum Gasteiger partial charge on any atom is 0.120 e. The van der Waals surface area contributed by atoms with Gasteiger partial charge in [-0.1, -0.05) is 80.1 Å². The highest BCUT2D eigenvalue weighted by molar-refractivity contribution is 5.37. The van der Waals surface area contributed by atoms with Gasteiger partial charge < -0.3 is 9.84 Å². The Hall–Kier alpha value is -2.58. The summed E-state index contributed by atoms with van der Waals surface area (Å²) in [5, 5.41) is 10.7. The van der Waals surface area contributed by atoms with Crippen LogP contribution in [-0.4, -0.2) is 5.11 Å². The summed E-state index contributed by atoms with van der Waals surface area (Å²) in [6.07, 6.45) is 1.49. The van der Waals surface area contributed by atoms with Crippen molar-refractivity contribution < 1.29 is 9.84 Å². The van der Waals surface area contributed by atoms with Gasteiger partial charge >= 0.3 is 0 Å². The second-order valence-corrected chi connectivity index (χ2v) is 6.24. The summed E-state index contributed by atoms with van der Waals surface area (Å²) in [6, 6.07) is 26.0. The van der Waals surface area contributed by atoms with Crippen LogP contribution in [0.1, 0.15) is 41.7 Å². The Labute approximate surface area is 149 Å². The van der Waals surface area contributed by atoms with E-state index < -0.39 is 6.10 Å². The van der Waals surface area contributed by atoms with Crippen LogP contribution in [-0.2, 0) is 13.0 Å². The molecule has 0 fully saturated rings. The Morgan fingerprint density at radius 1 is 0.800 bits per heavy atom. The van der Waals surface area contributed by atoms with E-state index in [1.165, 1.54) is 5.56 Å². The Morgan fingerprint density at radius 3 is 2.24 bits per heavy atom. The van der Waals surface area contributed by atoms with Crippen LogP contribution in [0.15, 0.2) is 78.9 Å². The quantitative estimate of drug-likeness (QED) is 0.636. The second kappa shape index (κ2) is 8.50. The van der Waals surface area contributed by atoms with Crippen molar-refractivity contribution in [2.24, 2.45) is 0 Å². The maximum absolute atomic E-state index is 10.7. The average Bonchev–Trinajstić information content (AvgIpc) is 2.67. The molecule has 0 aromatic heterocycles. The lowest BCUT2D eigenvalue weighted by Gasteiger charge is -2.14. The van der Waals surface area contributed by atoms with Crippen LogP contribution in [0.3, 0.4) is 0 Å². The molecular formula is C23H24O2. The fraction of sp³-hybridized carbons (Fsp3) is 0.217. The molecule has 128 valence electrons. The van der Waals surface area contributed by atoms with Gasteiger partial charge in [0, 0.05) is 0 Å². The number of hydrogen-bond donors (Lipinski definition) is 1. The molecule has 3 aromatic carbocycles. The molecule has 0 heterocycles. The summed E-state index contributed by atoms with van der Waals surface area (Å²) in [7, 11) is 0. The van der Waals surface area contributed by atoms with Crippen LogP contribution in [0.2, 0.25) is 0 Å². The summed E-state index contributed by atoms with van der Waals surface area (Å²) in [5.41, 5.74) is 4.15. The van der Waals surface area contributed by atoms with E-state index >= 15 is 0 Å². The van der Waals surface area contributed by atoms with E-state index in [9.17, 15) is 5.11 Å². The van der Waals surface area contributed by atoms with E-state index in [1.54, 1.807) is 0 Å².